The number of anilines is 1. The number of methoxy groups -OCH3 is 2. The van der Waals surface area contributed by atoms with E-state index in [0.29, 0.717) is 18.3 Å². The molecule has 0 saturated heterocycles. The largest absolute Gasteiger partial charge is 0.497 e. The van der Waals surface area contributed by atoms with Gasteiger partial charge in [-0.2, -0.15) is 9.67 Å². The lowest BCUT2D eigenvalue weighted by Crippen LogP contribution is -2.20. The predicted molar refractivity (Wildman–Crippen MR) is 98.3 cm³/mol. The van der Waals surface area contributed by atoms with Gasteiger partial charge in [0.25, 0.3) is 5.91 Å². The number of aromatic nitrogens is 3. The van der Waals surface area contributed by atoms with E-state index >= 15 is 0 Å². The van der Waals surface area contributed by atoms with Crippen LogP contribution in [0.5, 0.6) is 5.75 Å². The van der Waals surface area contributed by atoms with Gasteiger partial charge in [0.05, 0.1) is 7.11 Å². The third-order valence-corrected chi connectivity index (χ3v) is 3.75. The number of rotatable bonds is 7. The normalized spacial score (nSPS) is 10.5. The van der Waals surface area contributed by atoms with Crippen molar-refractivity contribution in [1.82, 2.24) is 14.8 Å². The van der Waals surface area contributed by atoms with Crippen molar-refractivity contribution < 1.29 is 14.3 Å². The van der Waals surface area contributed by atoms with Gasteiger partial charge in [0.15, 0.2) is 5.82 Å². The van der Waals surface area contributed by atoms with Crippen molar-refractivity contribution in [3.05, 3.63) is 60.2 Å². The Morgan fingerprint density at radius 1 is 1.08 bits per heavy atom. The SMILES string of the molecule is COCC(=O)n1nc(-c2ccccc2)nc1NCc1ccc(OC)cc1. The molecule has 1 aromatic heterocycles. The van der Waals surface area contributed by atoms with Crippen LogP contribution >= 0.6 is 0 Å². The van der Waals surface area contributed by atoms with Gasteiger partial charge in [-0.05, 0) is 17.7 Å². The molecule has 0 saturated carbocycles. The highest BCUT2D eigenvalue weighted by Crippen LogP contribution is 2.18. The lowest BCUT2D eigenvalue weighted by molar-refractivity contribution is 0.0748. The van der Waals surface area contributed by atoms with Crippen molar-refractivity contribution in [3.63, 3.8) is 0 Å². The fourth-order valence-electron chi connectivity index (χ4n) is 2.42. The molecule has 3 aromatic rings. The average Bonchev–Trinajstić information content (AvgIpc) is 3.12. The molecule has 0 atom stereocenters. The lowest BCUT2D eigenvalue weighted by atomic mass is 10.2. The van der Waals surface area contributed by atoms with Gasteiger partial charge in [0, 0.05) is 19.2 Å². The van der Waals surface area contributed by atoms with Crippen molar-refractivity contribution in [2.45, 2.75) is 6.54 Å². The monoisotopic (exact) mass is 352 g/mol. The molecule has 1 heterocycles. The Morgan fingerprint density at radius 2 is 1.81 bits per heavy atom. The molecule has 0 unspecified atom stereocenters. The molecule has 0 spiro atoms. The van der Waals surface area contributed by atoms with Gasteiger partial charge in [-0.25, -0.2) is 0 Å². The second-order valence-corrected chi connectivity index (χ2v) is 5.57. The molecule has 134 valence electrons. The zero-order chi connectivity index (χ0) is 18.4. The van der Waals surface area contributed by atoms with E-state index in [1.165, 1.54) is 11.8 Å². The van der Waals surface area contributed by atoms with E-state index in [2.05, 4.69) is 15.4 Å². The number of nitrogens with zero attached hydrogens (tertiary/aromatic N) is 3. The molecular formula is C19H20N4O3. The van der Waals surface area contributed by atoms with Crippen molar-refractivity contribution in [1.29, 1.82) is 0 Å². The second-order valence-electron chi connectivity index (χ2n) is 5.57. The van der Waals surface area contributed by atoms with Crippen LogP contribution in [0, 0.1) is 0 Å². The number of hydrogen-bond donors (Lipinski definition) is 1. The highest BCUT2D eigenvalue weighted by Gasteiger charge is 2.17. The molecule has 2 aromatic carbocycles. The first-order valence-electron chi connectivity index (χ1n) is 8.12. The standard InChI is InChI=1S/C19H20N4O3/c1-25-13-17(24)23-19(20-12-14-8-10-16(26-2)11-9-14)21-18(22-23)15-6-4-3-5-7-15/h3-11H,12-13H2,1-2H3,(H,20,21,22). The second kappa shape index (κ2) is 8.26. The summed E-state index contributed by atoms with van der Waals surface area (Å²) in [5.74, 6) is 1.35. The van der Waals surface area contributed by atoms with Crippen LogP contribution in [0.25, 0.3) is 11.4 Å². The maximum atomic E-state index is 12.3. The number of nitrogens with one attached hydrogen (secondary N) is 1. The molecule has 7 nitrogen and oxygen atoms in total. The van der Waals surface area contributed by atoms with Crippen molar-refractivity contribution in [3.8, 4) is 17.1 Å². The number of benzene rings is 2. The molecule has 26 heavy (non-hydrogen) atoms. The molecule has 1 N–H and O–H groups in total. The zero-order valence-electron chi connectivity index (χ0n) is 14.7. The summed E-state index contributed by atoms with van der Waals surface area (Å²) in [7, 11) is 3.10. The minimum absolute atomic E-state index is 0.0746. The average molecular weight is 352 g/mol. The summed E-state index contributed by atoms with van der Waals surface area (Å²) in [6.07, 6.45) is 0. The van der Waals surface area contributed by atoms with Crippen molar-refractivity contribution >= 4 is 11.9 Å². The molecule has 0 amide bonds. The fraction of sp³-hybridized carbons (Fsp3) is 0.211. The van der Waals surface area contributed by atoms with E-state index in [9.17, 15) is 4.79 Å². The summed E-state index contributed by atoms with van der Waals surface area (Å²) < 4.78 is 11.3. The van der Waals surface area contributed by atoms with Gasteiger partial charge in [-0.15, -0.1) is 5.10 Å². The van der Waals surface area contributed by atoms with Crippen LogP contribution in [-0.4, -0.2) is 41.5 Å². The Hall–Kier alpha value is -3.19. The Balaban J connectivity index is 1.83. The van der Waals surface area contributed by atoms with Crippen LogP contribution in [0.3, 0.4) is 0 Å². The van der Waals surface area contributed by atoms with Crippen LogP contribution in [0.1, 0.15) is 10.4 Å². The minimum Gasteiger partial charge on any atom is -0.497 e. The van der Waals surface area contributed by atoms with E-state index in [4.69, 9.17) is 9.47 Å². The van der Waals surface area contributed by atoms with E-state index in [0.717, 1.165) is 16.9 Å². The predicted octanol–water partition coefficient (Wildman–Crippen LogP) is 2.85. The van der Waals surface area contributed by atoms with E-state index in [1.807, 2.05) is 54.6 Å². The third kappa shape index (κ3) is 4.07. The molecule has 0 bridgehead atoms. The van der Waals surface area contributed by atoms with Crippen LogP contribution in [-0.2, 0) is 11.3 Å². The minimum atomic E-state index is -0.292. The third-order valence-electron chi connectivity index (χ3n) is 3.75. The maximum absolute atomic E-state index is 12.3. The van der Waals surface area contributed by atoms with Gasteiger partial charge in [0.2, 0.25) is 5.95 Å². The van der Waals surface area contributed by atoms with Gasteiger partial charge in [-0.1, -0.05) is 42.5 Å². The van der Waals surface area contributed by atoms with Crippen molar-refractivity contribution in [2.24, 2.45) is 0 Å². The van der Waals surface area contributed by atoms with Gasteiger partial charge in [-0.3, -0.25) is 4.79 Å². The Bertz CT molecular complexity index is 860. The van der Waals surface area contributed by atoms with Crippen LogP contribution < -0.4 is 10.1 Å². The summed E-state index contributed by atoms with van der Waals surface area (Å²) in [6, 6.07) is 17.2. The molecule has 0 aliphatic heterocycles. The van der Waals surface area contributed by atoms with E-state index < -0.39 is 0 Å². The molecular weight excluding hydrogens is 332 g/mol. The molecule has 0 aliphatic carbocycles. The first-order chi connectivity index (χ1) is 12.7. The zero-order valence-corrected chi connectivity index (χ0v) is 14.7. The number of carbonyl (C=O) groups excluding carboxylic acids is 1. The molecule has 0 fully saturated rings. The van der Waals surface area contributed by atoms with Gasteiger partial charge >= 0.3 is 0 Å². The van der Waals surface area contributed by atoms with E-state index in [-0.39, 0.29) is 12.5 Å². The Kier molecular flexibility index (Phi) is 5.60. The van der Waals surface area contributed by atoms with Crippen LogP contribution in [0.4, 0.5) is 5.95 Å². The van der Waals surface area contributed by atoms with Crippen molar-refractivity contribution in [2.75, 3.05) is 26.1 Å². The molecule has 3 rings (SSSR count). The first-order valence-corrected chi connectivity index (χ1v) is 8.12. The highest BCUT2D eigenvalue weighted by atomic mass is 16.5. The van der Waals surface area contributed by atoms with Gasteiger partial charge in [0.1, 0.15) is 12.4 Å². The number of hydrogen-bond acceptors (Lipinski definition) is 6. The summed E-state index contributed by atoms with van der Waals surface area (Å²) >= 11 is 0. The molecule has 0 radical (unpaired) electrons. The first kappa shape index (κ1) is 17.6. The Labute approximate surface area is 151 Å². The molecule has 7 heteroatoms. The fourth-order valence-corrected chi connectivity index (χ4v) is 2.42. The highest BCUT2D eigenvalue weighted by molar-refractivity contribution is 5.82. The number of carbonyl (C=O) groups is 1. The lowest BCUT2D eigenvalue weighted by Gasteiger charge is -2.07. The van der Waals surface area contributed by atoms with Crippen LogP contribution in [0.2, 0.25) is 0 Å². The number of ether oxygens (including phenoxy) is 2. The van der Waals surface area contributed by atoms with Crippen LogP contribution in [0.15, 0.2) is 54.6 Å². The summed E-state index contributed by atoms with van der Waals surface area (Å²) in [5.41, 5.74) is 1.87. The summed E-state index contributed by atoms with van der Waals surface area (Å²) in [5, 5.41) is 7.50. The smallest absolute Gasteiger partial charge is 0.276 e. The Morgan fingerprint density at radius 3 is 2.46 bits per heavy atom. The molecule has 0 aliphatic rings. The van der Waals surface area contributed by atoms with E-state index in [1.54, 1.807) is 7.11 Å². The maximum Gasteiger partial charge on any atom is 0.276 e. The topological polar surface area (TPSA) is 78.3 Å². The van der Waals surface area contributed by atoms with Gasteiger partial charge < -0.3 is 14.8 Å². The summed E-state index contributed by atoms with van der Waals surface area (Å²) in [4.78, 5) is 16.8. The quantitative estimate of drug-likeness (QED) is 0.704. The summed E-state index contributed by atoms with van der Waals surface area (Å²) in [6.45, 7) is 0.423.